The molecule has 0 unspecified atom stereocenters. The summed E-state index contributed by atoms with van der Waals surface area (Å²) in [4.78, 5) is 14.4. The number of fused-ring (bicyclic) bond motifs is 1. The van der Waals surface area contributed by atoms with Crippen LogP contribution in [0.1, 0.15) is 12.5 Å². The molecule has 24 heavy (non-hydrogen) atoms. The first-order valence-corrected chi connectivity index (χ1v) is 7.90. The Hall–Kier alpha value is -2.40. The third-order valence-corrected chi connectivity index (χ3v) is 4.26. The van der Waals surface area contributed by atoms with E-state index in [4.69, 9.17) is 25.8 Å². The Labute approximate surface area is 145 Å². The van der Waals surface area contributed by atoms with Crippen LogP contribution in [-0.4, -0.2) is 26.2 Å². The topological polar surface area (TPSA) is 48.0 Å². The molecule has 0 spiro atoms. The van der Waals surface area contributed by atoms with Crippen LogP contribution in [0.15, 0.2) is 36.4 Å². The number of ether oxygens (including phenoxy) is 3. The van der Waals surface area contributed by atoms with Crippen LogP contribution in [0.2, 0.25) is 5.02 Å². The van der Waals surface area contributed by atoms with Gasteiger partial charge in [-0.15, -0.1) is 0 Å². The number of hydrogen-bond acceptors (Lipinski definition) is 4. The van der Waals surface area contributed by atoms with Crippen molar-refractivity contribution >= 4 is 23.2 Å². The lowest BCUT2D eigenvalue weighted by Crippen LogP contribution is -2.38. The zero-order chi connectivity index (χ0) is 17.3. The number of rotatable bonds is 3. The summed E-state index contributed by atoms with van der Waals surface area (Å²) in [5.41, 5.74) is 1.57. The molecule has 0 saturated carbocycles. The van der Waals surface area contributed by atoms with Gasteiger partial charge in [-0.05, 0) is 31.2 Å². The van der Waals surface area contributed by atoms with Crippen molar-refractivity contribution in [3.63, 3.8) is 0 Å². The summed E-state index contributed by atoms with van der Waals surface area (Å²) < 4.78 is 16.4. The second kappa shape index (κ2) is 6.61. The first kappa shape index (κ1) is 16.5. The molecule has 5 nitrogen and oxygen atoms in total. The Bertz CT molecular complexity index is 778. The quantitative estimate of drug-likeness (QED) is 0.850. The Morgan fingerprint density at radius 1 is 1.17 bits per heavy atom. The summed E-state index contributed by atoms with van der Waals surface area (Å²) >= 11 is 6.21. The molecule has 0 aliphatic carbocycles. The van der Waals surface area contributed by atoms with E-state index in [1.54, 1.807) is 44.2 Å². The fraction of sp³-hybridized carbons (Fsp3) is 0.278. The minimum absolute atomic E-state index is 0.144. The Morgan fingerprint density at radius 3 is 2.58 bits per heavy atom. The normalized spacial score (nSPS) is 16.9. The van der Waals surface area contributed by atoms with E-state index in [0.29, 0.717) is 34.5 Å². The van der Waals surface area contributed by atoms with Crippen LogP contribution >= 0.6 is 11.6 Å². The molecule has 126 valence electrons. The van der Waals surface area contributed by atoms with Crippen molar-refractivity contribution < 1.29 is 19.0 Å². The molecule has 1 heterocycles. The molecule has 2 aromatic rings. The zero-order valence-electron chi connectivity index (χ0n) is 13.7. The maximum Gasteiger partial charge on any atom is 0.268 e. The molecule has 0 saturated heterocycles. The number of methoxy groups -OCH3 is 2. The van der Waals surface area contributed by atoms with Gasteiger partial charge in [0.1, 0.15) is 5.75 Å². The monoisotopic (exact) mass is 347 g/mol. The fourth-order valence-corrected chi connectivity index (χ4v) is 2.97. The van der Waals surface area contributed by atoms with Crippen molar-refractivity contribution in [3.05, 3.63) is 47.0 Å². The van der Waals surface area contributed by atoms with Gasteiger partial charge in [0.15, 0.2) is 17.6 Å². The van der Waals surface area contributed by atoms with Gasteiger partial charge in [0.25, 0.3) is 5.91 Å². The van der Waals surface area contributed by atoms with Crippen LogP contribution in [-0.2, 0) is 11.3 Å². The van der Waals surface area contributed by atoms with Gasteiger partial charge in [-0.2, -0.15) is 0 Å². The number of nitrogens with zero attached hydrogens (tertiary/aromatic N) is 1. The van der Waals surface area contributed by atoms with E-state index in [0.717, 1.165) is 5.56 Å². The molecule has 1 amide bonds. The molecular weight excluding hydrogens is 330 g/mol. The standard InChI is InChI=1S/C18H18ClNO4/c1-11-18(21)20(13-7-8-15(22-2)14(19)9-13)10-12-5-4-6-16(23-3)17(12)24-11/h4-9,11H,10H2,1-3H3/t11-/m0/s1. The van der Waals surface area contributed by atoms with Crippen molar-refractivity contribution in [1.29, 1.82) is 0 Å². The number of carbonyl (C=O) groups excluding carboxylic acids is 1. The van der Waals surface area contributed by atoms with Crippen molar-refractivity contribution in [1.82, 2.24) is 0 Å². The van der Waals surface area contributed by atoms with Crippen molar-refractivity contribution in [2.24, 2.45) is 0 Å². The molecule has 0 bridgehead atoms. The SMILES string of the molecule is COc1ccc(N2Cc3cccc(OC)c3O[C@@H](C)C2=O)cc1Cl. The lowest BCUT2D eigenvalue weighted by Gasteiger charge is -2.22. The van der Waals surface area contributed by atoms with E-state index in [1.807, 2.05) is 18.2 Å². The van der Waals surface area contributed by atoms with Gasteiger partial charge in [-0.1, -0.05) is 23.7 Å². The van der Waals surface area contributed by atoms with E-state index in [-0.39, 0.29) is 5.91 Å². The molecule has 0 N–H and O–H groups in total. The second-order valence-corrected chi connectivity index (χ2v) is 5.86. The lowest BCUT2D eigenvalue weighted by molar-refractivity contribution is -0.124. The Balaban J connectivity index is 2.04. The van der Waals surface area contributed by atoms with Crippen LogP contribution < -0.4 is 19.1 Å². The van der Waals surface area contributed by atoms with Crippen molar-refractivity contribution in [3.8, 4) is 17.2 Å². The summed E-state index contributed by atoms with van der Waals surface area (Å²) in [5.74, 6) is 1.63. The molecule has 6 heteroatoms. The number of benzene rings is 2. The van der Waals surface area contributed by atoms with Crippen LogP contribution in [0.3, 0.4) is 0 Å². The maximum absolute atomic E-state index is 12.8. The van der Waals surface area contributed by atoms with Gasteiger partial charge in [-0.25, -0.2) is 0 Å². The van der Waals surface area contributed by atoms with Gasteiger partial charge in [-0.3, -0.25) is 4.79 Å². The predicted octanol–water partition coefficient (Wildman–Crippen LogP) is 3.67. The predicted molar refractivity (Wildman–Crippen MR) is 92.3 cm³/mol. The zero-order valence-corrected chi connectivity index (χ0v) is 14.5. The van der Waals surface area contributed by atoms with Crippen molar-refractivity contribution in [2.45, 2.75) is 19.6 Å². The van der Waals surface area contributed by atoms with Gasteiger partial charge in [0.2, 0.25) is 0 Å². The summed E-state index contributed by atoms with van der Waals surface area (Å²) in [5, 5.41) is 0.450. The molecule has 0 aromatic heterocycles. The molecule has 2 aromatic carbocycles. The average molecular weight is 348 g/mol. The van der Waals surface area contributed by atoms with Crippen LogP contribution in [0.4, 0.5) is 5.69 Å². The Kier molecular flexibility index (Phi) is 4.53. The van der Waals surface area contributed by atoms with Gasteiger partial charge >= 0.3 is 0 Å². The molecule has 1 atom stereocenters. The van der Waals surface area contributed by atoms with Crippen LogP contribution in [0, 0.1) is 0 Å². The van der Waals surface area contributed by atoms with E-state index in [9.17, 15) is 4.79 Å². The average Bonchev–Trinajstić information content (AvgIpc) is 2.71. The number of para-hydroxylation sites is 1. The van der Waals surface area contributed by atoms with E-state index in [1.165, 1.54) is 0 Å². The summed E-state index contributed by atoms with van der Waals surface area (Å²) in [6, 6.07) is 10.9. The highest BCUT2D eigenvalue weighted by molar-refractivity contribution is 6.32. The number of hydrogen-bond donors (Lipinski definition) is 0. The smallest absolute Gasteiger partial charge is 0.268 e. The molecule has 1 aliphatic heterocycles. The van der Waals surface area contributed by atoms with Crippen LogP contribution in [0.5, 0.6) is 17.2 Å². The molecule has 1 aliphatic rings. The third-order valence-electron chi connectivity index (χ3n) is 3.96. The summed E-state index contributed by atoms with van der Waals surface area (Å²) in [6.45, 7) is 2.10. The van der Waals surface area contributed by atoms with Gasteiger partial charge in [0.05, 0.1) is 25.8 Å². The number of halogens is 1. The highest BCUT2D eigenvalue weighted by Crippen LogP contribution is 2.37. The first-order chi connectivity index (χ1) is 11.5. The third kappa shape index (κ3) is 2.87. The lowest BCUT2D eigenvalue weighted by atomic mass is 10.1. The van der Waals surface area contributed by atoms with Gasteiger partial charge in [0, 0.05) is 11.3 Å². The summed E-state index contributed by atoms with van der Waals surface area (Å²) in [6.07, 6.45) is -0.636. The molecule has 3 rings (SSSR count). The largest absolute Gasteiger partial charge is 0.495 e. The highest BCUT2D eigenvalue weighted by Gasteiger charge is 2.30. The van der Waals surface area contributed by atoms with E-state index in [2.05, 4.69) is 0 Å². The summed E-state index contributed by atoms with van der Waals surface area (Å²) in [7, 11) is 3.13. The fourth-order valence-electron chi connectivity index (χ4n) is 2.72. The van der Waals surface area contributed by atoms with Crippen LogP contribution in [0.25, 0.3) is 0 Å². The molecular formula is C18H18ClNO4. The minimum atomic E-state index is -0.636. The number of carbonyl (C=O) groups is 1. The number of amides is 1. The first-order valence-electron chi connectivity index (χ1n) is 7.52. The molecule has 0 radical (unpaired) electrons. The van der Waals surface area contributed by atoms with Crippen molar-refractivity contribution in [2.75, 3.05) is 19.1 Å². The van der Waals surface area contributed by atoms with E-state index < -0.39 is 6.10 Å². The highest BCUT2D eigenvalue weighted by atomic mass is 35.5. The molecule has 0 fully saturated rings. The minimum Gasteiger partial charge on any atom is -0.495 e. The maximum atomic E-state index is 12.8. The number of anilines is 1. The van der Waals surface area contributed by atoms with Gasteiger partial charge < -0.3 is 19.1 Å². The van der Waals surface area contributed by atoms with E-state index >= 15 is 0 Å². The second-order valence-electron chi connectivity index (χ2n) is 5.45. The Morgan fingerprint density at radius 2 is 1.92 bits per heavy atom.